The van der Waals surface area contributed by atoms with Gasteiger partial charge in [0.25, 0.3) is 5.91 Å². The van der Waals surface area contributed by atoms with Crippen LogP contribution in [0.5, 0.6) is 0 Å². The molecular formula is C24H18N6O. The first-order chi connectivity index (χ1) is 15.1. The molecule has 4 aromatic rings. The molecule has 0 aliphatic rings. The van der Waals surface area contributed by atoms with Crippen LogP contribution in [0.3, 0.4) is 0 Å². The van der Waals surface area contributed by atoms with Crippen molar-refractivity contribution >= 4 is 23.2 Å². The van der Waals surface area contributed by atoms with Gasteiger partial charge in [-0.05, 0) is 67.1 Å². The molecule has 0 bridgehead atoms. The molecule has 0 unspecified atom stereocenters. The van der Waals surface area contributed by atoms with E-state index in [2.05, 4.69) is 25.6 Å². The highest BCUT2D eigenvalue weighted by Gasteiger charge is 2.09. The fraction of sp³-hybridized carbons (Fsp3) is 0.0417. The summed E-state index contributed by atoms with van der Waals surface area (Å²) in [5.41, 5.74) is 5.10. The SMILES string of the molecule is Cc1ccc(NC(=O)c2ccc(C#N)cc2)cc1Nc1nccc(-c2ccncc2)n1. The van der Waals surface area contributed by atoms with Gasteiger partial charge in [-0.1, -0.05) is 6.07 Å². The molecule has 0 spiro atoms. The molecular weight excluding hydrogens is 388 g/mol. The van der Waals surface area contributed by atoms with Crippen LogP contribution < -0.4 is 10.6 Å². The molecule has 0 aliphatic carbocycles. The zero-order valence-electron chi connectivity index (χ0n) is 16.7. The normalized spacial score (nSPS) is 10.2. The quantitative estimate of drug-likeness (QED) is 0.497. The topological polar surface area (TPSA) is 104 Å². The highest BCUT2D eigenvalue weighted by atomic mass is 16.1. The third-order valence-corrected chi connectivity index (χ3v) is 4.65. The molecule has 2 aromatic carbocycles. The van der Waals surface area contributed by atoms with Crippen molar-refractivity contribution in [3.8, 4) is 17.3 Å². The molecule has 0 saturated carbocycles. The summed E-state index contributed by atoms with van der Waals surface area (Å²) in [6.07, 6.45) is 5.13. The molecule has 7 heteroatoms. The summed E-state index contributed by atoms with van der Waals surface area (Å²) in [5, 5.41) is 15.0. The number of anilines is 3. The van der Waals surface area contributed by atoms with E-state index in [1.165, 1.54) is 0 Å². The lowest BCUT2D eigenvalue weighted by Gasteiger charge is -2.12. The number of nitriles is 1. The van der Waals surface area contributed by atoms with Gasteiger partial charge in [-0.15, -0.1) is 0 Å². The molecule has 4 rings (SSSR count). The summed E-state index contributed by atoms with van der Waals surface area (Å²) in [6.45, 7) is 1.96. The Balaban J connectivity index is 1.53. The number of benzene rings is 2. The second kappa shape index (κ2) is 8.84. The molecule has 7 nitrogen and oxygen atoms in total. The van der Waals surface area contributed by atoms with Gasteiger partial charge in [-0.3, -0.25) is 9.78 Å². The maximum atomic E-state index is 12.5. The summed E-state index contributed by atoms with van der Waals surface area (Å²) in [5.74, 6) is 0.197. The van der Waals surface area contributed by atoms with Crippen LogP contribution in [0.1, 0.15) is 21.5 Å². The molecule has 2 heterocycles. The molecule has 0 saturated heterocycles. The van der Waals surface area contributed by atoms with Crippen molar-refractivity contribution in [1.82, 2.24) is 15.0 Å². The minimum atomic E-state index is -0.254. The summed E-state index contributed by atoms with van der Waals surface area (Å²) < 4.78 is 0. The van der Waals surface area contributed by atoms with E-state index in [0.29, 0.717) is 22.8 Å². The molecule has 2 N–H and O–H groups in total. The van der Waals surface area contributed by atoms with E-state index in [9.17, 15) is 4.79 Å². The average Bonchev–Trinajstić information content (AvgIpc) is 2.82. The highest BCUT2D eigenvalue weighted by molar-refractivity contribution is 6.04. The first-order valence-electron chi connectivity index (χ1n) is 9.55. The van der Waals surface area contributed by atoms with Crippen LogP contribution in [-0.4, -0.2) is 20.9 Å². The van der Waals surface area contributed by atoms with E-state index in [1.807, 2.05) is 49.4 Å². The van der Waals surface area contributed by atoms with Gasteiger partial charge in [-0.25, -0.2) is 9.97 Å². The Labute approximate surface area is 179 Å². The van der Waals surface area contributed by atoms with Crippen molar-refractivity contribution in [2.24, 2.45) is 0 Å². The van der Waals surface area contributed by atoms with Crippen molar-refractivity contribution in [2.45, 2.75) is 6.92 Å². The number of carbonyl (C=O) groups excluding carboxylic acids is 1. The average molecular weight is 406 g/mol. The van der Waals surface area contributed by atoms with Crippen molar-refractivity contribution in [3.05, 3.63) is 95.9 Å². The largest absolute Gasteiger partial charge is 0.324 e. The molecule has 0 aliphatic heterocycles. The predicted molar refractivity (Wildman–Crippen MR) is 119 cm³/mol. The lowest BCUT2D eigenvalue weighted by molar-refractivity contribution is 0.102. The number of amides is 1. The Morgan fingerprint density at radius 3 is 2.48 bits per heavy atom. The molecule has 0 radical (unpaired) electrons. The van der Waals surface area contributed by atoms with Crippen LogP contribution in [-0.2, 0) is 0 Å². The number of pyridine rings is 1. The number of rotatable bonds is 5. The molecule has 1 amide bonds. The number of nitrogens with one attached hydrogen (secondary N) is 2. The minimum absolute atomic E-state index is 0.254. The Kier molecular flexibility index (Phi) is 5.63. The first-order valence-corrected chi connectivity index (χ1v) is 9.55. The van der Waals surface area contributed by atoms with Crippen LogP contribution in [0.15, 0.2) is 79.3 Å². The van der Waals surface area contributed by atoms with Crippen molar-refractivity contribution < 1.29 is 4.79 Å². The van der Waals surface area contributed by atoms with Gasteiger partial charge in [-0.2, -0.15) is 5.26 Å². The van der Waals surface area contributed by atoms with E-state index in [4.69, 9.17) is 5.26 Å². The van der Waals surface area contributed by atoms with Crippen LogP contribution in [0.25, 0.3) is 11.3 Å². The zero-order chi connectivity index (χ0) is 21.6. The Morgan fingerprint density at radius 2 is 1.74 bits per heavy atom. The molecule has 2 aromatic heterocycles. The lowest BCUT2D eigenvalue weighted by Crippen LogP contribution is -2.12. The first kappa shape index (κ1) is 19.7. The second-order valence-corrected chi connectivity index (χ2v) is 6.80. The van der Waals surface area contributed by atoms with E-state index < -0.39 is 0 Å². The number of carbonyl (C=O) groups is 1. The third kappa shape index (κ3) is 4.71. The van der Waals surface area contributed by atoms with E-state index in [-0.39, 0.29) is 5.91 Å². The van der Waals surface area contributed by atoms with Gasteiger partial charge in [0.1, 0.15) is 0 Å². The molecule has 31 heavy (non-hydrogen) atoms. The monoisotopic (exact) mass is 406 g/mol. The van der Waals surface area contributed by atoms with Gasteiger partial charge < -0.3 is 10.6 Å². The van der Waals surface area contributed by atoms with Crippen LogP contribution in [0, 0.1) is 18.3 Å². The van der Waals surface area contributed by atoms with Crippen molar-refractivity contribution in [3.63, 3.8) is 0 Å². The minimum Gasteiger partial charge on any atom is -0.324 e. The number of hydrogen-bond acceptors (Lipinski definition) is 6. The Morgan fingerprint density at radius 1 is 0.968 bits per heavy atom. The number of nitrogens with zero attached hydrogens (tertiary/aromatic N) is 4. The predicted octanol–water partition coefficient (Wildman–Crippen LogP) is 4.71. The maximum absolute atomic E-state index is 12.5. The second-order valence-electron chi connectivity index (χ2n) is 6.80. The van der Waals surface area contributed by atoms with Gasteiger partial charge in [0.15, 0.2) is 0 Å². The van der Waals surface area contributed by atoms with Gasteiger partial charge in [0, 0.05) is 41.1 Å². The Bertz CT molecular complexity index is 1260. The van der Waals surface area contributed by atoms with E-state index >= 15 is 0 Å². The third-order valence-electron chi connectivity index (χ3n) is 4.65. The van der Waals surface area contributed by atoms with Crippen molar-refractivity contribution in [2.75, 3.05) is 10.6 Å². The van der Waals surface area contributed by atoms with E-state index in [1.54, 1.807) is 42.9 Å². The fourth-order valence-corrected chi connectivity index (χ4v) is 2.96. The maximum Gasteiger partial charge on any atom is 0.255 e. The van der Waals surface area contributed by atoms with E-state index in [0.717, 1.165) is 22.5 Å². The summed E-state index contributed by atoms with van der Waals surface area (Å²) in [6, 6.07) is 19.7. The van der Waals surface area contributed by atoms with Gasteiger partial charge >= 0.3 is 0 Å². The molecule has 0 atom stereocenters. The van der Waals surface area contributed by atoms with Crippen LogP contribution >= 0.6 is 0 Å². The highest BCUT2D eigenvalue weighted by Crippen LogP contribution is 2.24. The fourth-order valence-electron chi connectivity index (χ4n) is 2.96. The summed E-state index contributed by atoms with van der Waals surface area (Å²) in [7, 11) is 0. The Hall–Kier alpha value is -4.57. The molecule has 150 valence electrons. The van der Waals surface area contributed by atoms with Crippen LogP contribution in [0.2, 0.25) is 0 Å². The van der Waals surface area contributed by atoms with Gasteiger partial charge in [0.05, 0.1) is 17.3 Å². The summed E-state index contributed by atoms with van der Waals surface area (Å²) >= 11 is 0. The number of aromatic nitrogens is 3. The van der Waals surface area contributed by atoms with Crippen molar-refractivity contribution in [1.29, 1.82) is 5.26 Å². The number of hydrogen-bond donors (Lipinski definition) is 2. The zero-order valence-corrected chi connectivity index (χ0v) is 16.7. The lowest BCUT2D eigenvalue weighted by atomic mass is 10.1. The molecule has 0 fully saturated rings. The van der Waals surface area contributed by atoms with Gasteiger partial charge in [0.2, 0.25) is 5.95 Å². The van der Waals surface area contributed by atoms with Crippen LogP contribution in [0.4, 0.5) is 17.3 Å². The smallest absolute Gasteiger partial charge is 0.255 e. The number of aryl methyl sites for hydroxylation is 1. The summed E-state index contributed by atoms with van der Waals surface area (Å²) in [4.78, 5) is 25.4. The standard InChI is InChI=1S/C24H18N6O/c1-16-2-7-20(28-23(31)19-5-3-17(15-25)4-6-19)14-22(16)30-24-27-13-10-21(29-24)18-8-11-26-12-9-18/h2-14H,1H3,(H,28,31)(H,27,29,30).